The predicted molar refractivity (Wildman–Crippen MR) is 100.0 cm³/mol. The maximum atomic E-state index is 5.29. The molecule has 0 fully saturated rings. The van der Waals surface area contributed by atoms with Gasteiger partial charge in [0.2, 0.25) is 10.9 Å². The third kappa shape index (κ3) is 3.89. The number of furan rings is 1. The second kappa shape index (κ2) is 7.63. The number of hydrogen-bond donors (Lipinski definition) is 1. The number of hydrogen-bond acceptors (Lipinski definition) is 9. The van der Waals surface area contributed by atoms with Gasteiger partial charge in [-0.2, -0.15) is 0 Å². The fraction of sp³-hybridized carbons (Fsp3) is 0.118. The summed E-state index contributed by atoms with van der Waals surface area (Å²) in [4.78, 5) is 0. The molecule has 0 bridgehead atoms. The van der Waals surface area contributed by atoms with Crippen LogP contribution in [0.15, 0.2) is 62.0 Å². The largest absolute Gasteiger partial charge is 0.497 e. The van der Waals surface area contributed by atoms with Crippen LogP contribution in [0.25, 0.3) is 11.5 Å². The van der Waals surface area contributed by atoms with Gasteiger partial charge in [0.1, 0.15) is 5.75 Å². The lowest BCUT2D eigenvalue weighted by atomic mass is 10.3. The molecule has 3 heterocycles. The molecule has 0 unspecified atom stereocenters. The van der Waals surface area contributed by atoms with Crippen molar-refractivity contribution < 1.29 is 13.7 Å². The van der Waals surface area contributed by atoms with E-state index in [0.29, 0.717) is 17.3 Å². The standard InChI is InChI=1S/C17H14N4O3S2/c1-22-13-5-2-4-11(8-13)18-16-19-20-17(26-16)25-10-12-9-15(24-21-12)14-6-3-7-23-14/h2-9H,10H2,1H3,(H,18,19). The van der Waals surface area contributed by atoms with Gasteiger partial charge < -0.3 is 19.0 Å². The van der Waals surface area contributed by atoms with Crippen molar-refractivity contribution in [2.24, 2.45) is 0 Å². The summed E-state index contributed by atoms with van der Waals surface area (Å²) in [5.74, 6) is 2.70. The molecule has 0 aliphatic carbocycles. The van der Waals surface area contributed by atoms with Crippen molar-refractivity contribution in [1.29, 1.82) is 0 Å². The second-order valence-corrected chi connectivity index (χ2v) is 7.38. The maximum Gasteiger partial charge on any atom is 0.210 e. The van der Waals surface area contributed by atoms with E-state index in [4.69, 9.17) is 13.7 Å². The van der Waals surface area contributed by atoms with E-state index in [1.165, 1.54) is 11.3 Å². The number of nitrogens with zero attached hydrogens (tertiary/aromatic N) is 3. The summed E-state index contributed by atoms with van der Waals surface area (Å²) in [6.07, 6.45) is 1.60. The zero-order chi connectivity index (χ0) is 17.8. The predicted octanol–water partition coefficient (Wildman–Crippen LogP) is 4.83. The molecule has 0 amide bonds. The van der Waals surface area contributed by atoms with Gasteiger partial charge in [0.05, 0.1) is 19.1 Å². The Labute approximate surface area is 157 Å². The lowest BCUT2D eigenvalue weighted by Crippen LogP contribution is -1.90. The van der Waals surface area contributed by atoms with Crippen LogP contribution in [0.4, 0.5) is 10.8 Å². The average Bonchev–Trinajstić information content (AvgIpc) is 3.41. The van der Waals surface area contributed by atoms with Crippen molar-refractivity contribution in [3.8, 4) is 17.3 Å². The topological polar surface area (TPSA) is 86.2 Å². The van der Waals surface area contributed by atoms with Crippen molar-refractivity contribution in [3.05, 3.63) is 54.4 Å². The molecular formula is C17H14N4O3S2. The number of aromatic nitrogens is 3. The minimum atomic E-state index is 0.614. The number of methoxy groups -OCH3 is 1. The molecule has 0 atom stereocenters. The maximum absolute atomic E-state index is 5.29. The van der Waals surface area contributed by atoms with Crippen LogP contribution in [0.5, 0.6) is 5.75 Å². The molecule has 26 heavy (non-hydrogen) atoms. The number of ether oxygens (including phenoxy) is 1. The van der Waals surface area contributed by atoms with Crippen LogP contribution < -0.4 is 10.1 Å². The van der Waals surface area contributed by atoms with Crippen molar-refractivity contribution in [1.82, 2.24) is 15.4 Å². The summed E-state index contributed by atoms with van der Waals surface area (Å²) in [6.45, 7) is 0. The van der Waals surface area contributed by atoms with E-state index in [-0.39, 0.29) is 0 Å². The highest BCUT2D eigenvalue weighted by Gasteiger charge is 2.11. The second-order valence-electron chi connectivity index (χ2n) is 5.18. The summed E-state index contributed by atoms with van der Waals surface area (Å²) in [6, 6.07) is 13.2. The van der Waals surface area contributed by atoms with Gasteiger partial charge in [-0.3, -0.25) is 0 Å². The third-order valence-electron chi connectivity index (χ3n) is 3.39. The van der Waals surface area contributed by atoms with Crippen LogP contribution >= 0.6 is 23.1 Å². The lowest BCUT2D eigenvalue weighted by molar-refractivity contribution is 0.413. The average molecular weight is 386 g/mol. The molecule has 7 nitrogen and oxygen atoms in total. The Kier molecular flexibility index (Phi) is 4.89. The van der Waals surface area contributed by atoms with Gasteiger partial charge in [-0.15, -0.1) is 10.2 Å². The van der Waals surface area contributed by atoms with Crippen molar-refractivity contribution >= 4 is 33.9 Å². The minimum Gasteiger partial charge on any atom is -0.497 e. The Hall–Kier alpha value is -2.78. The van der Waals surface area contributed by atoms with Crippen LogP contribution in [0.1, 0.15) is 5.69 Å². The van der Waals surface area contributed by atoms with Crippen LogP contribution in [0.3, 0.4) is 0 Å². The number of anilines is 2. The smallest absolute Gasteiger partial charge is 0.210 e. The summed E-state index contributed by atoms with van der Waals surface area (Å²) in [5, 5.41) is 16.3. The molecule has 0 saturated carbocycles. The van der Waals surface area contributed by atoms with Gasteiger partial charge in [-0.05, 0) is 24.3 Å². The van der Waals surface area contributed by atoms with Crippen molar-refractivity contribution in [2.75, 3.05) is 12.4 Å². The Morgan fingerprint density at radius 1 is 1.15 bits per heavy atom. The first kappa shape index (κ1) is 16.7. The fourth-order valence-corrected chi connectivity index (χ4v) is 3.85. The molecule has 9 heteroatoms. The van der Waals surface area contributed by atoms with E-state index >= 15 is 0 Å². The molecule has 4 rings (SSSR count). The van der Waals surface area contributed by atoms with Crippen LogP contribution in [-0.4, -0.2) is 22.5 Å². The van der Waals surface area contributed by atoms with Gasteiger partial charge in [0.15, 0.2) is 10.1 Å². The molecule has 132 valence electrons. The zero-order valence-electron chi connectivity index (χ0n) is 13.7. The van der Waals surface area contributed by atoms with E-state index in [9.17, 15) is 0 Å². The first-order valence-corrected chi connectivity index (χ1v) is 9.47. The molecule has 0 aliphatic heterocycles. The van der Waals surface area contributed by atoms with Gasteiger partial charge in [-0.25, -0.2) is 0 Å². The summed E-state index contributed by atoms with van der Waals surface area (Å²) in [7, 11) is 1.64. The molecule has 1 aromatic carbocycles. The molecule has 0 aliphatic rings. The van der Waals surface area contributed by atoms with Crippen LogP contribution in [-0.2, 0) is 5.75 Å². The molecule has 1 N–H and O–H groups in total. The van der Waals surface area contributed by atoms with Crippen molar-refractivity contribution in [3.63, 3.8) is 0 Å². The fourth-order valence-electron chi connectivity index (χ4n) is 2.19. The first-order valence-electron chi connectivity index (χ1n) is 7.67. The number of nitrogens with one attached hydrogen (secondary N) is 1. The Bertz CT molecular complexity index is 981. The lowest BCUT2D eigenvalue weighted by Gasteiger charge is -2.04. The molecule has 0 spiro atoms. The Morgan fingerprint density at radius 3 is 2.96 bits per heavy atom. The van der Waals surface area contributed by atoms with E-state index < -0.39 is 0 Å². The summed E-state index contributed by atoms with van der Waals surface area (Å²) < 4.78 is 16.6. The van der Waals surface area contributed by atoms with Gasteiger partial charge >= 0.3 is 0 Å². The van der Waals surface area contributed by atoms with E-state index in [1.54, 1.807) is 25.1 Å². The molecular weight excluding hydrogens is 372 g/mol. The SMILES string of the molecule is COc1cccc(Nc2nnc(SCc3cc(-c4ccco4)on3)s2)c1. The highest BCUT2D eigenvalue weighted by molar-refractivity contribution is 8.00. The molecule has 0 saturated heterocycles. The van der Waals surface area contributed by atoms with E-state index in [0.717, 1.165) is 26.6 Å². The highest BCUT2D eigenvalue weighted by Crippen LogP contribution is 2.31. The van der Waals surface area contributed by atoms with Gasteiger partial charge in [-0.1, -0.05) is 34.3 Å². The van der Waals surface area contributed by atoms with Crippen LogP contribution in [0, 0.1) is 0 Å². The Morgan fingerprint density at radius 2 is 2.12 bits per heavy atom. The molecule has 3 aromatic heterocycles. The quantitative estimate of drug-likeness (QED) is 0.452. The van der Waals surface area contributed by atoms with Gasteiger partial charge in [0, 0.05) is 23.6 Å². The minimum absolute atomic E-state index is 0.614. The third-order valence-corrected chi connectivity index (χ3v) is 5.40. The molecule has 4 aromatic rings. The van der Waals surface area contributed by atoms with E-state index in [2.05, 4.69) is 20.7 Å². The van der Waals surface area contributed by atoms with Crippen LogP contribution in [0.2, 0.25) is 0 Å². The summed E-state index contributed by atoms with van der Waals surface area (Å²) >= 11 is 3.03. The zero-order valence-corrected chi connectivity index (χ0v) is 15.3. The molecule has 0 radical (unpaired) electrons. The number of rotatable bonds is 7. The van der Waals surface area contributed by atoms with Gasteiger partial charge in [0.25, 0.3) is 0 Å². The number of benzene rings is 1. The van der Waals surface area contributed by atoms with E-state index in [1.807, 2.05) is 42.5 Å². The first-order chi connectivity index (χ1) is 12.8. The van der Waals surface area contributed by atoms with Crippen molar-refractivity contribution in [2.45, 2.75) is 10.1 Å². The Balaban J connectivity index is 1.36. The highest BCUT2D eigenvalue weighted by atomic mass is 32.2. The normalized spacial score (nSPS) is 10.8. The summed E-state index contributed by atoms with van der Waals surface area (Å²) in [5.41, 5.74) is 1.72. The number of thioether (sulfide) groups is 1. The monoisotopic (exact) mass is 386 g/mol.